The van der Waals surface area contributed by atoms with Crippen LogP contribution in [0.4, 0.5) is 11.4 Å². The number of carbonyl (C=O) groups is 3. The van der Waals surface area contributed by atoms with Gasteiger partial charge in [-0.05, 0) is 42.3 Å². The third-order valence-corrected chi connectivity index (χ3v) is 4.82. The molecule has 150 valence electrons. The van der Waals surface area contributed by atoms with Crippen molar-refractivity contribution >= 4 is 29.1 Å². The van der Waals surface area contributed by atoms with Crippen molar-refractivity contribution in [1.29, 1.82) is 0 Å². The second-order valence-electron chi connectivity index (χ2n) is 7.11. The molecule has 2 aromatic carbocycles. The van der Waals surface area contributed by atoms with Gasteiger partial charge in [0, 0.05) is 24.8 Å². The predicted molar refractivity (Wildman–Crippen MR) is 105 cm³/mol. The van der Waals surface area contributed by atoms with Crippen LogP contribution in [0.1, 0.15) is 18.9 Å². The van der Waals surface area contributed by atoms with Crippen LogP contribution in [0.25, 0.3) is 0 Å². The molecule has 4 rings (SSSR count). The average molecular weight is 395 g/mol. The number of anilines is 2. The first-order valence-electron chi connectivity index (χ1n) is 9.34. The summed E-state index contributed by atoms with van der Waals surface area (Å²) in [6.45, 7) is 1.99. The lowest BCUT2D eigenvalue weighted by molar-refractivity contribution is -0.125. The van der Waals surface area contributed by atoms with E-state index in [1.54, 1.807) is 24.3 Å². The standard InChI is InChI=1S/C21H21N3O5/c1-12(25)23-14-3-2-4-15(8-14)24-21(27)17-9-16(17)20(26)22-10-13-5-6-18-19(7-13)29-11-28-18/h2-8,16-17H,9-11H2,1H3,(H,22,26)(H,23,25)(H,24,27). The molecule has 2 atom stereocenters. The second kappa shape index (κ2) is 7.83. The minimum absolute atomic E-state index is 0.144. The quantitative estimate of drug-likeness (QED) is 0.696. The molecule has 0 saturated heterocycles. The predicted octanol–water partition coefficient (Wildman–Crippen LogP) is 2.26. The van der Waals surface area contributed by atoms with Crippen molar-refractivity contribution in [2.24, 2.45) is 11.8 Å². The van der Waals surface area contributed by atoms with Crippen LogP contribution >= 0.6 is 0 Å². The maximum absolute atomic E-state index is 12.4. The Kier molecular flexibility index (Phi) is 5.07. The number of amides is 3. The number of rotatable bonds is 6. The summed E-state index contributed by atoms with van der Waals surface area (Å²) < 4.78 is 10.6. The highest BCUT2D eigenvalue weighted by Gasteiger charge is 2.47. The van der Waals surface area contributed by atoms with Gasteiger partial charge in [-0.25, -0.2) is 0 Å². The fourth-order valence-corrected chi connectivity index (χ4v) is 3.26. The maximum atomic E-state index is 12.4. The molecule has 2 unspecified atom stereocenters. The van der Waals surface area contributed by atoms with Gasteiger partial charge in [-0.1, -0.05) is 12.1 Å². The molecule has 0 aromatic heterocycles. The molecule has 1 saturated carbocycles. The van der Waals surface area contributed by atoms with Gasteiger partial charge < -0.3 is 25.4 Å². The molecule has 1 aliphatic heterocycles. The third-order valence-electron chi connectivity index (χ3n) is 4.82. The number of nitrogens with one attached hydrogen (secondary N) is 3. The largest absolute Gasteiger partial charge is 0.454 e. The molecule has 2 aliphatic rings. The Bertz CT molecular complexity index is 975. The number of ether oxygens (including phenoxy) is 2. The molecule has 3 amide bonds. The van der Waals surface area contributed by atoms with E-state index >= 15 is 0 Å². The number of hydrogen-bond acceptors (Lipinski definition) is 5. The van der Waals surface area contributed by atoms with Crippen molar-refractivity contribution in [2.75, 3.05) is 17.4 Å². The van der Waals surface area contributed by atoms with Crippen LogP contribution in [0.2, 0.25) is 0 Å². The first-order valence-corrected chi connectivity index (χ1v) is 9.34. The molecule has 0 spiro atoms. The average Bonchev–Trinajstić information content (AvgIpc) is 3.36. The van der Waals surface area contributed by atoms with Gasteiger partial charge in [-0.2, -0.15) is 0 Å². The Morgan fingerprint density at radius 2 is 1.66 bits per heavy atom. The summed E-state index contributed by atoms with van der Waals surface area (Å²) in [6, 6.07) is 12.4. The van der Waals surface area contributed by atoms with E-state index in [1.807, 2.05) is 18.2 Å². The number of carbonyl (C=O) groups excluding carboxylic acids is 3. The van der Waals surface area contributed by atoms with Crippen LogP contribution in [0.15, 0.2) is 42.5 Å². The Hall–Kier alpha value is -3.55. The molecular weight excluding hydrogens is 374 g/mol. The van der Waals surface area contributed by atoms with E-state index in [4.69, 9.17) is 9.47 Å². The molecule has 8 nitrogen and oxygen atoms in total. The van der Waals surface area contributed by atoms with Crippen molar-refractivity contribution in [3.63, 3.8) is 0 Å². The van der Waals surface area contributed by atoms with Crippen molar-refractivity contribution in [3.8, 4) is 11.5 Å². The summed E-state index contributed by atoms with van der Waals surface area (Å²) in [5, 5.41) is 8.34. The van der Waals surface area contributed by atoms with Crippen LogP contribution in [-0.2, 0) is 20.9 Å². The van der Waals surface area contributed by atoms with Gasteiger partial charge in [0.15, 0.2) is 11.5 Å². The van der Waals surface area contributed by atoms with E-state index in [0.717, 1.165) is 5.56 Å². The Morgan fingerprint density at radius 3 is 2.45 bits per heavy atom. The fourth-order valence-electron chi connectivity index (χ4n) is 3.26. The van der Waals surface area contributed by atoms with E-state index in [2.05, 4.69) is 16.0 Å². The van der Waals surface area contributed by atoms with E-state index in [9.17, 15) is 14.4 Å². The van der Waals surface area contributed by atoms with Crippen LogP contribution in [0.3, 0.4) is 0 Å². The van der Waals surface area contributed by atoms with Gasteiger partial charge in [-0.3, -0.25) is 14.4 Å². The highest BCUT2D eigenvalue weighted by Crippen LogP contribution is 2.40. The monoisotopic (exact) mass is 395 g/mol. The number of benzene rings is 2. The molecule has 1 heterocycles. The summed E-state index contributed by atoms with van der Waals surface area (Å²) in [6.07, 6.45) is 0.518. The zero-order chi connectivity index (χ0) is 20.4. The zero-order valence-corrected chi connectivity index (χ0v) is 15.9. The normalized spacial score (nSPS) is 18.7. The lowest BCUT2D eigenvalue weighted by Crippen LogP contribution is -2.27. The lowest BCUT2D eigenvalue weighted by atomic mass is 10.2. The molecule has 3 N–H and O–H groups in total. The van der Waals surface area contributed by atoms with Crippen molar-refractivity contribution in [1.82, 2.24) is 5.32 Å². The summed E-state index contributed by atoms with van der Waals surface area (Å²) in [5.74, 6) is 0.153. The molecule has 8 heteroatoms. The molecule has 1 fully saturated rings. The van der Waals surface area contributed by atoms with Crippen molar-refractivity contribution in [3.05, 3.63) is 48.0 Å². The van der Waals surface area contributed by atoms with Gasteiger partial charge in [0.25, 0.3) is 0 Å². The number of fused-ring (bicyclic) bond motifs is 1. The first kappa shape index (κ1) is 18.8. The van der Waals surface area contributed by atoms with Gasteiger partial charge in [0.1, 0.15) is 0 Å². The van der Waals surface area contributed by atoms with E-state index in [1.165, 1.54) is 6.92 Å². The topological polar surface area (TPSA) is 106 Å². The molecule has 0 radical (unpaired) electrons. The van der Waals surface area contributed by atoms with Gasteiger partial charge in [-0.15, -0.1) is 0 Å². The van der Waals surface area contributed by atoms with E-state index < -0.39 is 0 Å². The van der Waals surface area contributed by atoms with Crippen molar-refractivity contribution in [2.45, 2.75) is 19.9 Å². The summed E-state index contributed by atoms with van der Waals surface area (Å²) in [7, 11) is 0. The van der Waals surface area contributed by atoms with Crippen LogP contribution in [0, 0.1) is 11.8 Å². The SMILES string of the molecule is CC(=O)Nc1cccc(NC(=O)C2CC2C(=O)NCc2ccc3c(c2)OCO3)c1. The smallest absolute Gasteiger partial charge is 0.231 e. The molecule has 1 aliphatic carbocycles. The highest BCUT2D eigenvalue weighted by molar-refractivity contribution is 6.00. The Labute approximate surface area is 167 Å². The summed E-state index contributed by atoms with van der Waals surface area (Å²) in [5.41, 5.74) is 2.08. The third kappa shape index (κ3) is 4.48. The molecule has 0 bridgehead atoms. The van der Waals surface area contributed by atoms with Crippen LogP contribution in [0.5, 0.6) is 11.5 Å². The van der Waals surface area contributed by atoms with Crippen molar-refractivity contribution < 1.29 is 23.9 Å². The molecule has 2 aromatic rings. The van der Waals surface area contributed by atoms with Gasteiger partial charge in [0.05, 0.1) is 11.8 Å². The maximum Gasteiger partial charge on any atom is 0.231 e. The molecule has 29 heavy (non-hydrogen) atoms. The first-order chi connectivity index (χ1) is 14.0. The zero-order valence-electron chi connectivity index (χ0n) is 15.9. The highest BCUT2D eigenvalue weighted by atomic mass is 16.7. The van der Waals surface area contributed by atoms with Gasteiger partial charge in [0.2, 0.25) is 24.5 Å². The van der Waals surface area contributed by atoms with E-state index in [0.29, 0.717) is 35.8 Å². The van der Waals surface area contributed by atoms with E-state index in [-0.39, 0.29) is 36.4 Å². The summed E-state index contributed by atoms with van der Waals surface area (Å²) in [4.78, 5) is 35.9. The minimum atomic E-state index is -0.351. The summed E-state index contributed by atoms with van der Waals surface area (Å²) >= 11 is 0. The van der Waals surface area contributed by atoms with Crippen LogP contribution < -0.4 is 25.4 Å². The number of hydrogen-bond donors (Lipinski definition) is 3. The Balaban J connectivity index is 1.27. The lowest BCUT2D eigenvalue weighted by Gasteiger charge is -2.08. The minimum Gasteiger partial charge on any atom is -0.454 e. The van der Waals surface area contributed by atoms with Crippen LogP contribution in [-0.4, -0.2) is 24.5 Å². The fraction of sp³-hybridized carbons (Fsp3) is 0.286. The Morgan fingerprint density at radius 1 is 0.931 bits per heavy atom. The molecular formula is C21H21N3O5. The second-order valence-corrected chi connectivity index (χ2v) is 7.11. The van der Waals surface area contributed by atoms with Gasteiger partial charge >= 0.3 is 0 Å².